The van der Waals surface area contributed by atoms with Gasteiger partial charge in [-0.2, -0.15) is 0 Å². The zero-order valence-electron chi connectivity index (χ0n) is 15.5. The SMILES string of the molecule is COC(=O)C(Sc1nnc(-c2cccs2)n1CC1CCCO1)c1ccccc1. The Hall–Kier alpha value is -2.16. The van der Waals surface area contributed by atoms with Gasteiger partial charge in [0.2, 0.25) is 0 Å². The van der Waals surface area contributed by atoms with Crippen LogP contribution in [-0.4, -0.2) is 40.6 Å². The van der Waals surface area contributed by atoms with E-state index >= 15 is 0 Å². The van der Waals surface area contributed by atoms with Crippen LogP contribution in [0.3, 0.4) is 0 Å². The van der Waals surface area contributed by atoms with Crippen molar-refractivity contribution in [1.29, 1.82) is 0 Å². The number of esters is 1. The maximum absolute atomic E-state index is 12.5. The Labute approximate surface area is 171 Å². The highest BCUT2D eigenvalue weighted by molar-refractivity contribution is 8.00. The van der Waals surface area contributed by atoms with E-state index in [0.29, 0.717) is 11.7 Å². The average molecular weight is 416 g/mol. The Morgan fingerprint density at radius 3 is 2.86 bits per heavy atom. The summed E-state index contributed by atoms with van der Waals surface area (Å²) in [5.74, 6) is 0.505. The van der Waals surface area contributed by atoms with E-state index in [9.17, 15) is 4.79 Å². The molecule has 6 nitrogen and oxygen atoms in total. The van der Waals surface area contributed by atoms with Gasteiger partial charge in [-0.25, -0.2) is 0 Å². The van der Waals surface area contributed by atoms with Crippen LogP contribution in [0.4, 0.5) is 0 Å². The summed E-state index contributed by atoms with van der Waals surface area (Å²) in [4.78, 5) is 13.5. The first-order valence-electron chi connectivity index (χ1n) is 9.14. The number of aromatic nitrogens is 3. The van der Waals surface area contributed by atoms with Gasteiger partial charge in [0.05, 0.1) is 24.6 Å². The first-order chi connectivity index (χ1) is 13.8. The second-order valence-corrected chi connectivity index (χ2v) is 8.48. The third kappa shape index (κ3) is 4.14. The van der Waals surface area contributed by atoms with Gasteiger partial charge in [-0.05, 0) is 29.9 Å². The minimum atomic E-state index is -0.505. The van der Waals surface area contributed by atoms with Gasteiger partial charge in [0.15, 0.2) is 11.0 Å². The van der Waals surface area contributed by atoms with Gasteiger partial charge in [-0.3, -0.25) is 9.36 Å². The van der Waals surface area contributed by atoms with Crippen molar-refractivity contribution in [3.63, 3.8) is 0 Å². The fraction of sp³-hybridized carbons (Fsp3) is 0.350. The van der Waals surface area contributed by atoms with Crippen LogP contribution in [0.1, 0.15) is 23.7 Å². The number of ether oxygens (including phenoxy) is 2. The summed E-state index contributed by atoms with van der Waals surface area (Å²) in [5.41, 5.74) is 0.878. The molecule has 3 heterocycles. The third-order valence-electron chi connectivity index (χ3n) is 4.61. The maximum Gasteiger partial charge on any atom is 0.323 e. The van der Waals surface area contributed by atoms with E-state index in [1.54, 1.807) is 11.3 Å². The number of thioether (sulfide) groups is 1. The Balaban J connectivity index is 1.68. The molecule has 1 saturated heterocycles. The van der Waals surface area contributed by atoms with Gasteiger partial charge in [0, 0.05) is 6.61 Å². The number of carbonyl (C=O) groups excluding carboxylic acids is 1. The summed E-state index contributed by atoms with van der Waals surface area (Å²) >= 11 is 2.99. The van der Waals surface area contributed by atoms with Gasteiger partial charge < -0.3 is 9.47 Å². The van der Waals surface area contributed by atoms with Crippen LogP contribution in [0.5, 0.6) is 0 Å². The number of thiophene rings is 1. The molecular formula is C20H21N3O3S2. The van der Waals surface area contributed by atoms with Gasteiger partial charge in [-0.15, -0.1) is 21.5 Å². The zero-order valence-corrected chi connectivity index (χ0v) is 17.1. The van der Waals surface area contributed by atoms with Gasteiger partial charge >= 0.3 is 5.97 Å². The molecule has 28 heavy (non-hydrogen) atoms. The van der Waals surface area contributed by atoms with E-state index in [-0.39, 0.29) is 12.1 Å². The Morgan fingerprint density at radius 2 is 2.18 bits per heavy atom. The summed E-state index contributed by atoms with van der Waals surface area (Å²) in [6.07, 6.45) is 2.23. The average Bonchev–Trinajstić information content (AvgIpc) is 3.49. The molecule has 0 aliphatic carbocycles. The lowest BCUT2D eigenvalue weighted by atomic mass is 10.1. The van der Waals surface area contributed by atoms with Crippen LogP contribution in [0.25, 0.3) is 10.7 Å². The van der Waals surface area contributed by atoms with Crippen molar-refractivity contribution in [3.8, 4) is 10.7 Å². The van der Waals surface area contributed by atoms with E-state index in [1.165, 1.54) is 18.9 Å². The highest BCUT2D eigenvalue weighted by Gasteiger charge is 2.28. The van der Waals surface area contributed by atoms with Crippen molar-refractivity contribution in [2.45, 2.75) is 35.9 Å². The zero-order chi connectivity index (χ0) is 19.3. The molecule has 1 aromatic carbocycles. The Kier molecular flexibility index (Phi) is 6.09. The molecule has 0 bridgehead atoms. The molecule has 2 aromatic heterocycles. The largest absolute Gasteiger partial charge is 0.468 e. The minimum Gasteiger partial charge on any atom is -0.468 e. The number of nitrogens with zero attached hydrogens (tertiary/aromatic N) is 3. The lowest BCUT2D eigenvalue weighted by Crippen LogP contribution is -2.18. The van der Waals surface area contributed by atoms with Gasteiger partial charge in [0.25, 0.3) is 0 Å². The van der Waals surface area contributed by atoms with Crippen LogP contribution in [0, 0.1) is 0 Å². The normalized spacial score (nSPS) is 17.5. The molecule has 3 aromatic rings. The van der Waals surface area contributed by atoms with Crippen molar-refractivity contribution in [2.75, 3.05) is 13.7 Å². The monoisotopic (exact) mass is 415 g/mol. The summed E-state index contributed by atoms with van der Waals surface area (Å²) in [6, 6.07) is 13.6. The van der Waals surface area contributed by atoms with E-state index in [0.717, 1.165) is 35.7 Å². The smallest absolute Gasteiger partial charge is 0.323 e. The fourth-order valence-electron chi connectivity index (χ4n) is 3.21. The standard InChI is InChI=1S/C20H21N3O3S2/c1-25-19(24)17(14-7-3-2-4-8-14)28-20-22-21-18(16-10-6-12-27-16)23(20)13-15-9-5-11-26-15/h2-4,6-8,10,12,15,17H,5,9,11,13H2,1H3. The summed E-state index contributed by atoms with van der Waals surface area (Å²) < 4.78 is 13.0. The van der Waals surface area contributed by atoms with E-state index < -0.39 is 5.25 Å². The van der Waals surface area contributed by atoms with Crippen molar-refractivity contribution in [1.82, 2.24) is 14.8 Å². The summed E-state index contributed by atoms with van der Waals surface area (Å²) in [5, 5.41) is 11.1. The number of carbonyl (C=O) groups is 1. The number of hydrogen-bond acceptors (Lipinski definition) is 7. The van der Waals surface area contributed by atoms with Crippen molar-refractivity contribution >= 4 is 29.1 Å². The predicted molar refractivity (Wildman–Crippen MR) is 109 cm³/mol. The molecule has 4 rings (SSSR count). The predicted octanol–water partition coefficient (Wildman–Crippen LogP) is 4.19. The van der Waals surface area contributed by atoms with Crippen LogP contribution < -0.4 is 0 Å². The summed E-state index contributed by atoms with van der Waals surface area (Å²) in [6.45, 7) is 1.46. The molecule has 0 amide bonds. The van der Waals surface area contributed by atoms with Crippen molar-refractivity contribution in [3.05, 3.63) is 53.4 Å². The molecule has 1 aliphatic rings. The highest BCUT2D eigenvalue weighted by atomic mass is 32.2. The lowest BCUT2D eigenvalue weighted by molar-refractivity contribution is -0.140. The fourth-order valence-corrected chi connectivity index (χ4v) is 5.00. The summed E-state index contributed by atoms with van der Waals surface area (Å²) in [7, 11) is 1.41. The van der Waals surface area contributed by atoms with Crippen LogP contribution in [0.15, 0.2) is 53.0 Å². The minimum absolute atomic E-state index is 0.141. The van der Waals surface area contributed by atoms with Gasteiger partial charge in [0.1, 0.15) is 5.25 Å². The number of rotatable bonds is 7. The Morgan fingerprint density at radius 1 is 1.32 bits per heavy atom. The van der Waals surface area contributed by atoms with E-state index in [2.05, 4.69) is 14.8 Å². The molecule has 1 aliphatic heterocycles. The molecule has 1 fully saturated rings. The molecule has 2 atom stereocenters. The molecule has 0 saturated carbocycles. The highest BCUT2D eigenvalue weighted by Crippen LogP contribution is 2.37. The Bertz CT molecular complexity index is 906. The van der Waals surface area contributed by atoms with Crippen molar-refractivity contribution < 1.29 is 14.3 Å². The quantitative estimate of drug-likeness (QED) is 0.426. The second kappa shape index (κ2) is 8.89. The third-order valence-corrected chi connectivity index (χ3v) is 6.69. The maximum atomic E-state index is 12.5. The van der Waals surface area contributed by atoms with Crippen LogP contribution in [-0.2, 0) is 20.8 Å². The van der Waals surface area contributed by atoms with E-state index in [4.69, 9.17) is 9.47 Å². The molecule has 8 heteroatoms. The van der Waals surface area contributed by atoms with Crippen LogP contribution >= 0.6 is 23.1 Å². The molecule has 146 valence electrons. The van der Waals surface area contributed by atoms with Crippen molar-refractivity contribution in [2.24, 2.45) is 0 Å². The first-order valence-corrected chi connectivity index (χ1v) is 10.9. The second-order valence-electron chi connectivity index (χ2n) is 6.46. The number of benzene rings is 1. The molecule has 0 radical (unpaired) electrons. The van der Waals surface area contributed by atoms with Crippen LogP contribution in [0.2, 0.25) is 0 Å². The van der Waals surface area contributed by atoms with Gasteiger partial charge in [-0.1, -0.05) is 48.2 Å². The van der Waals surface area contributed by atoms with E-state index in [1.807, 2.05) is 47.8 Å². The molecule has 0 N–H and O–H groups in total. The number of methoxy groups -OCH3 is 1. The topological polar surface area (TPSA) is 66.2 Å². The number of hydrogen-bond donors (Lipinski definition) is 0. The molecule has 0 spiro atoms. The first kappa shape index (κ1) is 19.2. The molecule has 2 unspecified atom stereocenters. The lowest BCUT2D eigenvalue weighted by Gasteiger charge is -2.17. The molecular weight excluding hydrogens is 394 g/mol.